The van der Waals surface area contributed by atoms with Crippen molar-refractivity contribution in [1.29, 1.82) is 5.26 Å². The molecule has 1 saturated heterocycles. The van der Waals surface area contributed by atoms with Gasteiger partial charge in [-0.2, -0.15) is 5.26 Å². The summed E-state index contributed by atoms with van der Waals surface area (Å²) in [6.07, 6.45) is 5.03. The lowest BCUT2D eigenvalue weighted by molar-refractivity contribution is -0.149. The van der Waals surface area contributed by atoms with E-state index in [1.807, 2.05) is 20.8 Å². The Bertz CT molecular complexity index is 339. The Balaban J connectivity index is 2.14. The number of esters is 1. The van der Waals surface area contributed by atoms with E-state index in [2.05, 4.69) is 11.0 Å². The van der Waals surface area contributed by atoms with Crippen LogP contribution in [0.5, 0.6) is 0 Å². The van der Waals surface area contributed by atoms with Crippen molar-refractivity contribution in [2.45, 2.75) is 52.9 Å². The summed E-state index contributed by atoms with van der Waals surface area (Å²) in [7, 11) is 0. The molecule has 0 unspecified atom stereocenters. The van der Waals surface area contributed by atoms with Gasteiger partial charge < -0.3 is 9.64 Å². The Hall–Kier alpha value is -1.08. The maximum absolute atomic E-state index is 11.6. The predicted octanol–water partition coefficient (Wildman–Crippen LogP) is 2.98. The van der Waals surface area contributed by atoms with E-state index >= 15 is 0 Å². The molecule has 0 aromatic rings. The van der Waals surface area contributed by atoms with Gasteiger partial charge in [-0.05, 0) is 66.1 Å². The molecule has 1 aliphatic heterocycles. The monoisotopic (exact) mass is 280 g/mol. The first-order valence-corrected chi connectivity index (χ1v) is 7.79. The van der Waals surface area contributed by atoms with Crippen molar-refractivity contribution in [2.24, 2.45) is 11.3 Å². The Morgan fingerprint density at radius 2 is 2.00 bits per heavy atom. The van der Waals surface area contributed by atoms with Gasteiger partial charge in [-0.3, -0.25) is 4.79 Å². The SMILES string of the molecule is CCOC(=O)C1CCN(CCCCC(C)(C)C#N)CC1. The molecule has 114 valence electrons. The molecule has 0 aromatic heterocycles. The lowest BCUT2D eigenvalue weighted by Gasteiger charge is -2.30. The first kappa shape index (κ1) is 17.0. The first-order valence-electron chi connectivity index (χ1n) is 7.79. The standard InChI is InChI=1S/C16H28N2O2/c1-4-20-15(19)14-7-11-18(12-8-14)10-6-5-9-16(2,3)13-17/h14H,4-12H2,1-3H3. The van der Waals surface area contributed by atoms with E-state index in [0.717, 1.165) is 51.7 Å². The molecule has 4 nitrogen and oxygen atoms in total. The Morgan fingerprint density at radius 3 is 2.55 bits per heavy atom. The van der Waals surface area contributed by atoms with Crippen molar-refractivity contribution in [2.75, 3.05) is 26.2 Å². The van der Waals surface area contributed by atoms with Crippen LogP contribution < -0.4 is 0 Å². The second-order valence-electron chi connectivity index (χ2n) is 6.32. The zero-order valence-corrected chi connectivity index (χ0v) is 13.2. The van der Waals surface area contributed by atoms with E-state index in [1.54, 1.807) is 0 Å². The van der Waals surface area contributed by atoms with Crippen LogP contribution in [-0.2, 0) is 9.53 Å². The third-order valence-electron chi connectivity index (χ3n) is 4.04. The van der Waals surface area contributed by atoms with Gasteiger partial charge in [0.05, 0.1) is 24.0 Å². The molecule has 0 amide bonds. The lowest BCUT2D eigenvalue weighted by atomic mass is 9.89. The predicted molar refractivity (Wildman–Crippen MR) is 79.0 cm³/mol. The largest absolute Gasteiger partial charge is 0.466 e. The van der Waals surface area contributed by atoms with Crippen LogP contribution >= 0.6 is 0 Å². The van der Waals surface area contributed by atoms with Crippen LogP contribution in [0.2, 0.25) is 0 Å². The zero-order valence-electron chi connectivity index (χ0n) is 13.2. The molecule has 0 spiro atoms. The summed E-state index contributed by atoms with van der Waals surface area (Å²) in [5.74, 6) is 0.0756. The molecule has 0 atom stereocenters. The fraction of sp³-hybridized carbons (Fsp3) is 0.875. The smallest absolute Gasteiger partial charge is 0.309 e. The number of unbranched alkanes of at least 4 members (excludes halogenated alkanes) is 1. The van der Waals surface area contributed by atoms with Crippen LogP contribution in [-0.4, -0.2) is 37.1 Å². The summed E-state index contributed by atoms with van der Waals surface area (Å²) in [4.78, 5) is 14.1. The van der Waals surface area contributed by atoms with Gasteiger partial charge in [-0.15, -0.1) is 0 Å². The number of ether oxygens (including phenoxy) is 1. The summed E-state index contributed by atoms with van der Waals surface area (Å²) in [5.41, 5.74) is -0.198. The Labute approximate surface area is 123 Å². The number of hydrogen-bond acceptors (Lipinski definition) is 4. The minimum Gasteiger partial charge on any atom is -0.466 e. The molecule has 0 saturated carbocycles. The summed E-state index contributed by atoms with van der Waals surface area (Å²) in [6, 6.07) is 2.34. The molecule has 0 radical (unpaired) electrons. The molecule has 0 N–H and O–H groups in total. The number of carbonyl (C=O) groups excluding carboxylic acids is 1. The van der Waals surface area contributed by atoms with E-state index < -0.39 is 0 Å². The van der Waals surface area contributed by atoms with Gasteiger partial charge in [0.15, 0.2) is 0 Å². The van der Waals surface area contributed by atoms with Crippen molar-refractivity contribution < 1.29 is 9.53 Å². The lowest BCUT2D eigenvalue weighted by Crippen LogP contribution is -2.37. The number of likely N-dealkylation sites (tertiary alicyclic amines) is 1. The van der Waals surface area contributed by atoms with E-state index in [4.69, 9.17) is 10.00 Å². The molecule has 0 aromatic carbocycles. The maximum Gasteiger partial charge on any atom is 0.309 e. The molecule has 20 heavy (non-hydrogen) atoms. The average Bonchev–Trinajstić information content (AvgIpc) is 2.44. The number of rotatable bonds is 7. The normalized spacial score (nSPS) is 17.7. The van der Waals surface area contributed by atoms with Gasteiger partial charge in [0, 0.05) is 0 Å². The summed E-state index contributed by atoms with van der Waals surface area (Å²) < 4.78 is 5.08. The van der Waals surface area contributed by atoms with E-state index in [9.17, 15) is 4.79 Å². The zero-order chi connectivity index (χ0) is 15.0. The molecule has 1 aliphatic rings. The van der Waals surface area contributed by atoms with Gasteiger partial charge in [0.25, 0.3) is 0 Å². The van der Waals surface area contributed by atoms with Gasteiger partial charge >= 0.3 is 5.97 Å². The number of nitriles is 1. The summed E-state index contributed by atoms with van der Waals surface area (Å²) >= 11 is 0. The van der Waals surface area contributed by atoms with E-state index in [1.165, 1.54) is 0 Å². The Kier molecular flexibility index (Phi) is 7.01. The van der Waals surface area contributed by atoms with Crippen LogP contribution in [0.3, 0.4) is 0 Å². The Morgan fingerprint density at radius 1 is 1.35 bits per heavy atom. The van der Waals surface area contributed by atoms with Crippen molar-refractivity contribution in [1.82, 2.24) is 4.90 Å². The first-order chi connectivity index (χ1) is 9.48. The minimum atomic E-state index is -0.198. The third kappa shape index (κ3) is 5.92. The van der Waals surface area contributed by atoms with E-state index in [-0.39, 0.29) is 17.3 Å². The molecule has 1 rings (SSSR count). The molecule has 4 heteroatoms. The van der Waals surface area contributed by atoms with Gasteiger partial charge in [0.1, 0.15) is 0 Å². The molecule has 0 bridgehead atoms. The fourth-order valence-electron chi connectivity index (χ4n) is 2.61. The number of hydrogen-bond donors (Lipinski definition) is 0. The van der Waals surface area contributed by atoms with Gasteiger partial charge in [-0.1, -0.05) is 6.42 Å². The maximum atomic E-state index is 11.6. The summed E-state index contributed by atoms with van der Waals surface area (Å²) in [5, 5.41) is 8.96. The number of nitrogens with zero attached hydrogens (tertiary/aromatic N) is 2. The number of piperidine rings is 1. The molecule has 0 aliphatic carbocycles. The van der Waals surface area contributed by atoms with Crippen molar-refractivity contribution in [3.8, 4) is 6.07 Å². The highest BCUT2D eigenvalue weighted by molar-refractivity contribution is 5.72. The van der Waals surface area contributed by atoms with Crippen LogP contribution in [0.1, 0.15) is 52.9 Å². The van der Waals surface area contributed by atoms with Crippen molar-refractivity contribution in [3.63, 3.8) is 0 Å². The molecular weight excluding hydrogens is 252 g/mol. The fourth-order valence-corrected chi connectivity index (χ4v) is 2.61. The highest BCUT2D eigenvalue weighted by atomic mass is 16.5. The van der Waals surface area contributed by atoms with Crippen LogP contribution in [0, 0.1) is 22.7 Å². The highest BCUT2D eigenvalue weighted by Gasteiger charge is 2.25. The third-order valence-corrected chi connectivity index (χ3v) is 4.04. The highest BCUT2D eigenvalue weighted by Crippen LogP contribution is 2.23. The second kappa shape index (κ2) is 8.26. The van der Waals surface area contributed by atoms with Crippen molar-refractivity contribution >= 4 is 5.97 Å². The van der Waals surface area contributed by atoms with Crippen LogP contribution in [0.15, 0.2) is 0 Å². The van der Waals surface area contributed by atoms with E-state index in [0.29, 0.717) is 6.61 Å². The second-order valence-corrected chi connectivity index (χ2v) is 6.32. The summed E-state index contributed by atoms with van der Waals surface area (Å²) in [6.45, 7) is 9.40. The van der Waals surface area contributed by atoms with Gasteiger partial charge in [-0.25, -0.2) is 0 Å². The molecule has 1 fully saturated rings. The van der Waals surface area contributed by atoms with Crippen LogP contribution in [0.25, 0.3) is 0 Å². The quantitative estimate of drug-likeness (QED) is 0.531. The van der Waals surface area contributed by atoms with Gasteiger partial charge in [0.2, 0.25) is 0 Å². The van der Waals surface area contributed by atoms with Crippen LogP contribution in [0.4, 0.5) is 0 Å². The number of carbonyl (C=O) groups is 1. The molecular formula is C16H28N2O2. The molecule has 1 heterocycles. The topological polar surface area (TPSA) is 53.3 Å². The van der Waals surface area contributed by atoms with Crippen molar-refractivity contribution in [3.05, 3.63) is 0 Å². The minimum absolute atomic E-state index is 0.0251. The average molecular weight is 280 g/mol.